The van der Waals surface area contributed by atoms with Gasteiger partial charge in [0.1, 0.15) is 5.75 Å². The maximum Gasteiger partial charge on any atom is 0.573 e. The number of amides is 1. The van der Waals surface area contributed by atoms with Crippen LogP contribution in [0.4, 0.5) is 13.2 Å². The minimum absolute atomic E-state index is 0.00398. The van der Waals surface area contributed by atoms with Crippen molar-refractivity contribution in [3.63, 3.8) is 0 Å². The first-order chi connectivity index (χ1) is 14.6. The molecular weight excluding hydrogens is 435 g/mol. The molecule has 0 bridgehead atoms. The average Bonchev–Trinajstić information content (AvgIpc) is 3.15. The lowest BCUT2D eigenvalue weighted by molar-refractivity contribution is -0.274. The molecule has 0 saturated carbocycles. The van der Waals surface area contributed by atoms with Gasteiger partial charge >= 0.3 is 6.36 Å². The Hall–Kier alpha value is -3.07. The van der Waals surface area contributed by atoms with Crippen LogP contribution in [0, 0.1) is 0 Å². The number of ether oxygens (including phenoxy) is 1. The Labute approximate surface area is 181 Å². The van der Waals surface area contributed by atoms with E-state index >= 15 is 0 Å². The first-order valence-electron chi connectivity index (χ1n) is 9.34. The number of hydrogen-bond donors (Lipinski definition) is 0. The largest absolute Gasteiger partial charge is 0.573 e. The maximum atomic E-state index is 12.8. The van der Waals surface area contributed by atoms with Gasteiger partial charge in [0.2, 0.25) is 17.7 Å². The second-order valence-electron chi connectivity index (χ2n) is 6.96. The molecule has 1 aromatic heterocycles. The van der Waals surface area contributed by atoms with Gasteiger partial charge in [-0.25, -0.2) is 0 Å². The third-order valence-electron chi connectivity index (χ3n) is 4.33. The van der Waals surface area contributed by atoms with Crippen LogP contribution in [0.2, 0.25) is 5.02 Å². The number of benzene rings is 2. The molecule has 164 valence electrons. The lowest BCUT2D eigenvalue weighted by Gasteiger charge is -2.25. The van der Waals surface area contributed by atoms with Crippen LogP contribution in [0.3, 0.4) is 0 Å². The number of aromatic nitrogens is 2. The molecular formula is C21H19ClF3N3O3. The van der Waals surface area contributed by atoms with Gasteiger partial charge in [-0.05, 0) is 43.7 Å². The normalized spacial score (nSPS) is 11.6. The zero-order chi connectivity index (χ0) is 22.6. The van der Waals surface area contributed by atoms with Gasteiger partial charge in [-0.3, -0.25) is 4.79 Å². The fourth-order valence-electron chi connectivity index (χ4n) is 2.85. The van der Waals surface area contributed by atoms with Gasteiger partial charge in [-0.1, -0.05) is 35.9 Å². The molecule has 0 aliphatic heterocycles. The predicted octanol–water partition coefficient (Wildman–Crippen LogP) is 5.27. The van der Waals surface area contributed by atoms with Crippen molar-refractivity contribution in [3.8, 4) is 17.2 Å². The van der Waals surface area contributed by atoms with Crippen LogP contribution in [-0.2, 0) is 17.8 Å². The molecule has 0 saturated heterocycles. The van der Waals surface area contributed by atoms with E-state index in [1.165, 1.54) is 24.3 Å². The van der Waals surface area contributed by atoms with Crippen molar-refractivity contribution in [3.05, 3.63) is 65.0 Å². The molecule has 1 heterocycles. The van der Waals surface area contributed by atoms with Crippen molar-refractivity contribution in [2.45, 2.75) is 39.2 Å². The summed E-state index contributed by atoms with van der Waals surface area (Å²) in [4.78, 5) is 14.4. The maximum absolute atomic E-state index is 12.8. The van der Waals surface area contributed by atoms with E-state index in [1.807, 2.05) is 13.8 Å². The monoisotopic (exact) mass is 453 g/mol. The van der Waals surface area contributed by atoms with Gasteiger partial charge in [0.15, 0.2) is 0 Å². The summed E-state index contributed by atoms with van der Waals surface area (Å²) < 4.78 is 46.3. The summed E-state index contributed by atoms with van der Waals surface area (Å²) in [5.41, 5.74) is 1.14. The van der Waals surface area contributed by atoms with Crippen molar-refractivity contribution in [2.24, 2.45) is 0 Å². The second-order valence-corrected chi connectivity index (χ2v) is 7.37. The molecule has 31 heavy (non-hydrogen) atoms. The van der Waals surface area contributed by atoms with E-state index in [0.29, 0.717) is 16.1 Å². The van der Waals surface area contributed by atoms with Crippen LogP contribution in [0.15, 0.2) is 52.9 Å². The highest BCUT2D eigenvalue weighted by Gasteiger charge is 2.31. The number of carbonyl (C=O) groups is 1. The molecule has 0 fully saturated rings. The fraction of sp³-hybridized carbons (Fsp3) is 0.286. The molecule has 6 nitrogen and oxygen atoms in total. The van der Waals surface area contributed by atoms with Crippen LogP contribution < -0.4 is 4.74 Å². The van der Waals surface area contributed by atoms with E-state index in [4.69, 9.17) is 16.0 Å². The summed E-state index contributed by atoms with van der Waals surface area (Å²) in [5.74, 6) is -0.0951. The number of hydrogen-bond acceptors (Lipinski definition) is 5. The molecule has 0 radical (unpaired) electrons. The third-order valence-corrected chi connectivity index (χ3v) is 4.66. The first-order valence-corrected chi connectivity index (χ1v) is 9.71. The highest BCUT2D eigenvalue weighted by Crippen LogP contribution is 2.27. The van der Waals surface area contributed by atoms with Crippen molar-refractivity contribution in [1.29, 1.82) is 0 Å². The topological polar surface area (TPSA) is 68.5 Å². The van der Waals surface area contributed by atoms with E-state index in [0.717, 1.165) is 0 Å². The minimum atomic E-state index is -4.77. The minimum Gasteiger partial charge on any atom is -0.419 e. The summed E-state index contributed by atoms with van der Waals surface area (Å²) in [7, 11) is 0. The lowest BCUT2D eigenvalue weighted by atomic mass is 10.1. The smallest absolute Gasteiger partial charge is 0.419 e. The number of rotatable bonds is 7. The molecule has 0 aliphatic carbocycles. The van der Waals surface area contributed by atoms with E-state index in [2.05, 4.69) is 14.9 Å². The van der Waals surface area contributed by atoms with E-state index < -0.39 is 6.36 Å². The molecule has 0 aliphatic rings. The van der Waals surface area contributed by atoms with E-state index in [1.54, 1.807) is 29.2 Å². The fourth-order valence-corrected chi connectivity index (χ4v) is 3.07. The van der Waals surface area contributed by atoms with Crippen molar-refractivity contribution < 1.29 is 27.1 Å². The third kappa shape index (κ3) is 6.21. The molecule has 0 spiro atoms. The highest BCUT2D eigenvalue weighted by atomic mass is 35.5. The molecule has 10 heteroatoms. The predicted molar refractivity (Wildman–Crippen MR) is 107 cm³/mol. The Balaban J connectivity index is 1.68. The molecule has 3 aromatic rings. The zero-order valence-corrected chi connectivity index (χ0v) is 17.4. The molecule has 3 rings (SSSR count). The van der Waals surface area contributed by atoms with Gasteiger partial charge < -0.3 is 14.1 Å². The Kier molecular flexibility index (Phi) is 6.84. The number of halogens is 4. The lowest BCUT2D eigenvalue weighted by Crippen LogP contribution is -2.37. The Morgan fingerprint density at radius 2 is 1.81 bits per heavy atom. The summed E-state index contributed by atoms with van der Waals surface area (Å²) in [6.45, 7) is 3.76. The van der Waals surface area contributed by atoms with Crippen LogP contribution in [0.25, 0.3) is 11.5 Å². The van der Waals surface area contributed by atoms with Crippen molar-refractivity contribution in [1.82, 2.24) is 15.1 Å². The van der Waals surface area contributed by atoms with Gasteiger partial charge in [0, 0.05) is 6.04 Å². The highest BCUT2D eigenvalue weighted by molar-refractivity contribution is 6.33. The van der Waals surface area contributed by atoms with E-state index in [-0.39, 0.29) is 42.4 Å². The Bertz CT molecular complexity index is 1040. The van der Waals surface area contributed by atoms with Gasteiger partial charge in [0.05, 0.1) is 23.6 Å². The average molecular weight is 454 g/mol. The van der Waals surface area contributed by atoms with Gasteiger partial charge in [-0.2, -0.15) is 0 Å². The first kappa shape index (κ1) is 22.6. The zero-order valence-electron chi connectivity index (χ0n) is 16.7. The van der Waals surface area contributed by atoms with Crippen LogP contribution in [0.1, 0.15) is 25.3 Å². The van der Waals surface area contributed by atoms with Crippen molar-refractivity contribution >= 4 is 17.5 Å². The molecule has 0 N–H and O–H groups in total. The molecule has 0 unspecified atom stereocenters. The second kappa shape index (κ2) is 9.38. The summed E-state index contributed by atoms with van der Waals surface area (Å²) in [6, 6.07) is 12.0. The summed E-state index contributed by atoms with van der Waals surface area (Å²) in [6.07, 6.45) is -4.77. The van der Waals surface area contributed by atoms with Crippen LogP contribution in [-0.4, -0.2) is 33.4 Å². The summed E-state index contributed by atoms with van der Waals surface area (Å²) >= 11 is 6.15. The molecule has 1 amide bonds. The standard InChI is InChI=1S/C21H19ClF3N3O3/c1-13(2)28(12-18-26-27-20(30-18)16-5-3-4-6-17(16)22)19(29)11-14-7-9-15(10-8-14)31-21(23,24)25/h3-10,13H,11-12H2,1-2H3. The van der Waals surface area contributed by atoms with Gasteiger partial charge in [0.25, 0.3) is 0 Å². The van der Waals surface area contributed by atoms with Crippen LogP contribution in [0.5, 0.6) is 5.75 Å². The van der Waals surface area contributed by atoms with Crippen LogP contribution >= 0.6 is 11.6 Å². The quantitative estimate of drug-likeness (QED) is 0.487. The SMILES string of the molecule is CC(C)N(Cc1nnc(-c2ccccc2Cl)o1)C(=O)Cc1ccc(OC(F)(F)F)cc1. The van der Waals surface area contributed by atoms with Crippen molar-refractivity contribution in [2.75, 3.05) is 0 Å². The number of nitrogens with zero attached hydrogens (tertiary/aromatic N) is 3. The number of alkyl halides is 3. The Morgan fingerprint density at radius 3 is 2.42 bits per heavy atom. The van der Waals surface area contributed by atoms with E-state index in [9.17, 15) is 18.0 Å². The number of carbonyl (C=O) groups excluding carboxylic acids is 1. The molecule has 2 aromatic carbocycles. The summed E-state index contributed by atoms with van der Waals surface area (Å²) in [5, 5.41) is 8.46. The van der Waals surface area contributed by atoms with Gasteiger partial charge in [-0.15, -0.1) is 23.4 Å². The molecule has 0 atom stereocenters. The Morgan fingerprint density at radius 1 is 1.13 bits per heavy atom.